The molecule has 1 saturated heterocycles. The van der Waals surface area contributed by atoms with E-state index in [2.05, 4.69) is 10.6 Å². The van der Waals surface area contributed by atoms with Gasteiger partial charge in [0.15, 0.2) is 0 Å². The van der Waals surface area contributed by atoms with Gasteiger partial charge in [0, 0.05) is 55.0 Å². The molecule has 7 nitrogen and oxygen atoms in total. The lowest BCUT2D eigenvalue weighted by Crippen LogP contribution is -2.41. The number of benzene rings is 1. The first-order valence-corrected chi connectivity index (χ1v) is 15.1. The van der Waals surface area contributed by atoms with Gasteiger partial charge < -0.3 is 26.0 Å². The highest BCUT2D eigenvalue weighted by Crippen LogP contribution is 2.19. The third kappa shape index (κ3) is 10.6. The lowest BCUT2D eigenvalue weighted by atomic mass is 10.1. The summed E-state index contributed by atoms with van der Waals surface area (Å²) in [5, 5.41) is 6.41. The molecule has 44 heavy (non-hydrogen) atoms. The van der Waals surface area contributed by atoms with E-state index in [1.54, 1.807) is 31.4 Å². The van der Waals surface area contributed by atoms with Crippen LogP contribution in [0.25, 0.3) is 0 Å². The van der Waals surface area contributed by atoms with Crippen molar-refractivity contribution in [2.24, 2.45) is 5.73 Å². The second-order valence-electron chi connectivity index (χ2n) is 10.9. The van der Waals surface area contributed by atoms with Crippen LogP contribution in [-0.4, -0.2) is 43.0 Å². The minimum absolute atomic E-state index is 0.0296. The molecule has 0 radical (unpaired) electrons. The Kier molecular flexibility index (Phi) is 14.8. The fourth-order valence-electron chi connectivity index (χ4n) is 4.63. The quantitative estimate of drug-likeness (QED) is 0.166. The Morgan fingerprint density at radius 3 is 2.18 bits per heavy atom. The van der Waals surface area contributed by atoms with Crippen LogP contribution in [0.3, 0.4) is 0 Å². The van der Waals surface area contributed by atoms with Crippen molar-refractivity contribution in [2.75, 3.05) is 20.2 Å². The number of methoxy groups -OCH3 is 1. The highest BCUT2D eigenvalue weighted by Gasteiger charge is 2.23. The van der Waals surface area contributed by atoms with E-state index in [0.29, 0.717) is 36.5 Å². The van der Waals surface area contributed by atoms with Gasteiger partial charge in [-0.1, -0.05) is 37.1 Å². The fraction of sp³-hybridized carbons (Fsp3) is 0.429. The molecule has 1 aliphatic heterocycles. The van der Waals surface area contributed by atoms with E-state index in [-0.39, 0.29) is 29.7 Å². The highest BCUT2D eigenvalue weighted by molar-refractivity contribution is 5.96. The summed E-state index contributed by atoms with van der Waals surface area (Å²) >= 11 is 0. The molecule has 1 aliphatic rings. The van der Waals surface area contributed by atoms with E-state index >= 15 is 0 Å². The van der Waals surface area contributed by atoms with Crippen molar-refractivity contribution in [3.8, 4) is 0 Å². The van der Waals surface area contributed by atoms with Gasteiger partial charge in [-0.25, -0.2) is 8.78 Å². The molecule has 0 saturated carbocycles. The number of nitrogens with two attached hydrogens (primary N) is 1. The van der Waals surface area contributed by atoms with E-state index in [1.807, 2.05) is 52.5 Å². The third-order valence-electron chi connectivity index (χ3n) is 7.75. The van der Waals surface area contributed by atoms with Crippen molar-refractivity contribution >= 4 is 11.8 Å². The second-order valence-corrected chi connectivity index (χ2v) is 10.9. The molecule has 0 atom stereocenters. The Labute approximate surface area is 261 Å². The number of hydrogen-bond acceptors (Lipinski definition) is 5. The Hall–Kier alpha value is -3.98. The molecule has 2 amide bonds. The molecule has 9 heteroatoms. The molecular formula is C35H48F2N4O3. The summed E-state index contributed by atoms with van der Waals surface area (Å²) < 4.78 is 34.2. The number of halogens is 2. The van der Waals surface area contributed by atoms with Gasteiger partial charge >= 0.3 is 0 Å². The van der Waals surface area contributed by atoms with E-state index < -0.39 is 17.5 Å². The smallest absolute Gasteiger partial charge is 0.253 e. The van der Waals surface area contributed by atoms with Crippen molar-refractivity contribution in [1.82, 2.24) is 15.5 Å². The van der Waals surface area contributed by atoms with Crippen LogP contribution >= 0.6 is 0 Å². The van der Waals surface area contributed by atoms with Crippen LogP contribution in [-0.2, 0) is 20.9 Å². The molecule has 1 fully saturated rings. The van der Waals surface area contributed by atoms with Crippen molar-refractivity contribution in [2.45, 2.75) is 79.9 Å². The zero-order chi connectivity index (χ0) is 32.8. The molecule has 0 unspecified atom stereocenters. The standard InChI is InChI=1S/C35H48F2N4O3/c1-8-23(4)20-28(34(38)42)33(39-22-29-30(36)12-11-13-31(29)37)21-25(6)40-32(24(5)9-2)15-14-26(10-3)35(43)41-18-16-27(44-7)17-19-41/h10-15,20-21,27,39-40H,8-9,16-19,22H2,1-7H3,(H2,38,42)/b15-14-,23-20+,25-21+,26-10+,32-24-,33-28-. The number of piperidine rings is 1. The van der Waals surface area contributed by atoms with Gasteiger partial charge in [-0.15, -0.1) is 0 Å². The van der Waals surface area contributed by atoms with Gasteiger partial charge in [0.2, 0.25) is 0 Å². The first-order valence-electron chi connectivity index (χ1n) is 15.1. The maximum atomic E-state index is 14.4. The zero-order valence-electron chi connectivity index (χ0n) is 27.2. The summed E-state index contributed by atoms with van der Waals surface area (Å²) in [5.41, 5.74) is 10.1. The lowest BCUT2D eigenvalue weighted by molar-refractivity contribution is -0.129. The minimum atomic E-state index is -0.692. The van der Waals surface area contributed by atoms with E-state index in [1.165, 1.54) is 18.2 Å². The molecule has 2 rings (SSSR count). The highest BCUT2D eigenvalue weighted by atomic mass is 19.1. The van der Waals surface area contributed by atoms with Gasteiger partial charge in [0.05, 0.1) is 11.7 Å². The number of allylic oxidation sites excluding steroid dienone is 6. The van der Waals surface area contributed by atoms with Gasteiger partial charge in [-0.2, -0.15) is 0 Å². The maximum Gasteiger partial charge on any atom is 0.253 e. The Morgan fingerprint density at radius 2 is 1.66 bits per heavy atom. The van der Waals surface area contributed by atoms with Gasteiger partial charge in [0.1, 0.15) is 11.6 Å². The average Bonchev–Trinajstić information content (AvgIpc) is 3.01. The van der Waals surface area contributed by atoms with Gasteiger partial charge in [-0.05, 0) is 89.8 Å². The van der Waals surface area contributed by atoms with Crippen LogP contribution in [0, 0.1) is 11.6 Å². The summed E-state index contributed by atoms with van der Waals surface area (Å²) in [4.78, 5) is 27.6. The van der Waals surface area contributed by atoms with E-state index in [4.69, 9.17) is 10.5 Å². The molecule has 240 valence electrons. The average molecular weight is 611 g/mol. The van der Waals surface area contributed by atoms with Gasteiger partial charge in [-0.3, -0.25) is 9.59 Å². The molecular weight excluding hydrogens is 562 g/mol. The minimum Gasteiger partial charge on any atom is -0.381 e. The van der Waals surface area contributed by atoms with Gasteiger partial charge in [0.25, 0.3) is 11.8 Å². The Balaban J connectivity index is 2.42. The summed E-state index contributed by atoms with van der Waals surface area (Å²) in [5.74, 6) is -2.09. The molecule has 1 aromatic carbocycles. The third-order valence-corrected chi connectivity index (χ3v) is 7.75. The van der Waals surface area contributed by atoms with Crippen molar-refractivity contribution < 1.29 is 23.1 Å². The molecule has 4 N–H and O–H groups in total. The van der Waals surface area contributed by atoms with Crippen LogP contribution in [0.15, 0.2) is 88.0 Å². The number of hydrogen-bond donors (Lipinski definition) is 3. The zero-order valence-corrected chi connectivity index (χ0v) is 27.2. The predicted molar refractivity (Wildman–Crippen MR) is 173 cm³/mol. The number of nitrogens with zero attached hydrogens (tertiary/aromatic N) is 1. The molecule has 1 heterocycles. The number of primary amides is 1. The van der Waals surface area contributed by atoms with Crippen molar-refractivity contribution in [3.05, 3.63) is 105 Å². The Morgan fingerprint density at radius 1 is 1.02 bits per heavy atom. The largest absolute Gasteiger partial charge is 0.381 e. The van der Waals surface area contributed by atoms with E-state index in [0.717, 1.165) is 36.1 Å². The summed E-state index contributed by atoms with van der Waals surface area (Å²) in [6, 6.07) is 3.67. The fourth-order valence-corrected chi connectivity index (χ4v) is 4.63. The van der Waals surface area contributed by atoms with Crippen LogP contribution in [0.4, 0.5) is 8.78 Å². The molecule has 0 aliphatic carbocycles. The number of carbonyl (C=O) groups excluding carboxylic acids is 2. The number of likely N-dealkylation sites (tertiary alicyclic amines) is 1. The molecule has 0 aromatic heterocycles. The topological polar surface area (TPSA) is 96.7 Å². The number of ether oxygens (including phenoxy) is 1. The SMILES string of the molecule is C\C=C(/C=C\C(N/C(C)=C/C(NCc1c(F)cccc1F)=C(\C=C(/C)CC)C(N)=O)=C(/C)CC)C(=O)N1CCC(OC)CC1. The number of rotatable bonds is 14. The molecule has 0 spiro atoms. The van der Waals surface area contributed by atoms with Crippen molar-refractivity contribution in [3.63, 3.8) is 0 Å². The summed E-state index contributed by atoms with van der Waals surface area (Å²) in [7, 11) is 1.70. The first-order chi connectivity index (χ1) is 20.9. The summed E-state index contributed by atoms with van der Waals surface area (Å²) in [6.45, 7) is 12.6. The first kappa shape index (κ1) is 36.2. The predicted octanol–water partition coefficient (Wildman–Crippen LogP) is 6.47. The van der Waals surface area contributed by atoms with Crippen LogP contribution in [0.5, 0.6) is 0 Å². The van der Waals surface area contributed by atoms with Crippen LogP contribution in [0.1, 0.15) is 72.8 Å². The number of carbonyl (C=O) groups is 2. The lowest BCUT2D eigenvalue weighted by Gasteiger charge is -2.31. The van der Waals surface area contributed by atoms with Crippen LogP contribution in [0.2, 0.25) is 0 Å². The van der Waals surface area contributed by atoms with Crippen LogP contribution < -0.4 is 16.4 Å². The second kappa shape index (κ2) is 18.0. The Bertz CT molecular complexity index is 1340. The summed E-state index contributed by atoms with van der Waals surface area (Å²) in [6.07, 6.45) is 12.1. The maximum absolute atomic E-state index is 14.4. The number of amides is 2. The number of nitrogens with one attached hydrogen (secondary N) is 2. The van der Waals surface area contributed by atoms with Crippen molar-refractivity contribution in [1.29, 1.82) is 0 Å². The molecule has 1 aromatic rings. The molecule has 0 bridgehead atoms. The monoisotopic (exact) mass is 610 g/mol. The van der Waals surface area contributed by atoms with E-state index in [9.17, 15) is 18.4 Å². The normalized spacial score (nSPS) is 16.6.